The summed E-state index contributed by atoms with van der Waals surface area (Å²) in [4.78, 5) is 42.0. The molecular weight excluding hydrogens is 646 g/mol. The van der Waals surface area contributed by atoms with Gasteiger partial charge in [0.05, 0.1) is 17.3 Å². The van der Waals surface area contributed by atoms with E-state index >= 15 is 0 Å². The zero-order valence-electron chi connectivity index (χ0n) is 28.3. The number of aliphatic hydroxyl groups excluding tert-OH is 1. The molecule has 51 heavy (non-hydrogen) atoms. The lowest BCUT2D eigenvalue weighted by Gasteiger charge is -2.31. The molecule has 264 valence electrons. The molecule has 0 aliphatic carbocycles. The molecule has 2 heterocycles. The molecule has 2 amide bonds. The van der Waals surface area contributed by atoms with Crippen molar-refractivity contribution >= 4 is 28.6 Å². The number of hydrogen-bond donors (Lipinski definition) is 6. The van der Waals surface area contributed by atoms with Gasteiger partial charge in [0, 0.05) is 55.3 Å². The molecule has 0 unspecified atom stereocenters. The predicted octanol–water partition coefficient (Wildman–Crippen LogP) is 5.21. The highest BCUT2D eigenvalue weighted by molar-refractivity contribution is 5.94. The standard InChI is InChI=1S/C40H43N5O6/c46-35-16-14-32(33-15-17-37(48)44-38(33)35)36(47)26-41-21-18-27-10-12-29(13-11-27)39(49)42-22-25-45-23-19-30(20-24-45)51-40(50)43-34-9-5-4-8-31(34)28-6-2-1-3-7-28/h1-17,30,36,41,46-47H,18-26H2,(H,42,49)(H,43,50)(H,44,48)/t36-/m0/s1. The number of likely N-dealkylation sites (tertiary alicyclic amines) is 1. The van der Waals surface area contributed by atoms with Crippen molar-refractivity contribution in [3.05, 3.63) is 130 Å². The minimum absolute atomic E-state index is 0.0451. The summed E-state index contributed by atoms with van der Waals surface area (Å²) in [7, 11) is 0. The molecule has 1 aliphatic rings. The van der Waals surface area contributed by atoms with Crippen LogP contribution < -0.4 is 21.5 Å². The van der Waals surface area contributed by atoms with Gasteiger partial charge in [-0.2, -0.15) is 0 Å². The Bertz CT molecular complexity index is 1990. The number of aromatic nitrogens is 1. The van der Waals surface area contributed by atoms with E-state index in [0.29, 0.717) is 60.3 Å². The molecule has 4 aromatic carbocycles. The zero-order valence-corrected chi connectivity index (χ0v) is 28.3. The van der Waals surface area contributed by atoms with Gasteiger partial charge in [0.15, 0.2) is 0 Å². The Balaban J connectivity index is 0.867. The van der Waals surface area contributed by atoms with Crippen LogP contribution in [0.1, 0.15) is 40.4 Å². The number of H-pyrrole nitrogens is 1. The SMILES string of the molecule is O=C(Nc1ccccc1-c1ccccc1)OC1CCN(CCNC(=O)c2ccc(CCNC[C@H](O)c3ccc(O)c4[nH]c(=O)ccc34)cc2)CC1. The van der Waals surface area contributed by atoms with E-state index in [1.54, 1.807) is 12.1 Å². The Morgan fingerprint density at radius 1 is 0.882 bits per heavy atom. The lowest BCUT2D eigenvalue weighted by molar-refractivity contribution is 0.0587. The minimum atomic E-state index is -0.828. The van der Waals surface area contributed by atoms with Crippen LogP contribution in [0.5, 0.6) is 5.75 Å². The van der Waals surface area contributed by atoms with Crippen LogP contribution in [-0.2, 0) is 11.2 Å². The molecule has 11 nitrogen and oxygen atoms in total. The van der Waals surface area contributed by atoms with Crippen LogP contribution in [0.3, 0.4) is 0 Å². The first-order valence-electron chi connectivity index (χ1n) is 17.3. The Kier molecular flexibility index (Phi) is 11.7. The molecule has 0 spiro atoms. The first-order valence-corrected chi connectivity index (χ1v) is 17.3. The number of pyridine rings is 1. The lowest BCUT2D eigenvalue weighted by atomic mass is 10.0. The van der Waals surface area contributed by atoms with Crippen LogP contribution in [0.2, 0.25) is 0 Å². The first kappa shape index (κ1) is 35.3. The Labute approximate surface area is 296 Å². The molecule has 6 N–H and O–H groups in total. The van der Waals surface area contributed by atoms with Gasteiger partial charge < -0.3 is 35.5 Å². The summed E-state index contributed by atoms with van der Waals surface area (Å²) in [6.45, 7) is 3.69. The number of nitrogens with zero attached hydrogens (tertiary/aromatic N) is 1. The number of nitrogens with one attached hydrogen (secondary N) is 4. The van der Waals surface area contributed by atoms with E-state index < -0.39 is 12.2 Å². The molecular formula is C40H43N5O6. The van der Waals surface area contributed by atoms with Crippen LogP contribution in [0, 0.1) is 0 Å². The van der Waals surface area contributed by atoms with Crippen molar-refractivity contribution in [1.82, 2.24) is 20.5 Å². The molecule has 5 aromatic rings. The minimum Gasteiger partial charge on any atom is -0.506 e. The van der Waals surface area contributed by atoms with Crippen LogP contribution in [-0.4, -0.2) is 77.5 Å². The maximum atomic E-state index is 12.8. The summed E-state index contributed by atoms with van der Waals surface area (Å²) >= 11 is 0. The summed E-state index contributed by atoms with van der Waals surface area (Å²) < 4.78 is 5.75. The molecule has 1 aromatic heterocycles. The molecule has 0 bridgehead atoms. The van der Waals surface area contributed by atoms with E-state index in [9.17, 15) is 24.6 Å². The highest BCUT2D eigenvalue weighted by Gasteiger charge is 2.23. The number of amides is 2. The van der Waals surface area contributed by atoms with Crippen molar-refractivity contribution < 1.29 is 24.5 Å². The summed E-state index contributed by atoms with van der Waals surface area (Å²) in [5.41, 5.74) is 4.91. The molecule has 0 saturated carbocycles. The van der Waals surface area contributed by atoms with Gasteiger partial charge in [-0.05, 0) is 72.8 Å². The van der Waals surface area contributed by atoms with Crippen molar-refractivity contribution in [2.24, 2.45) is 0 Å². The second-order valence-electron chi connectivity index (χ2n) is 12.7. The molecule has 1 aliphatic heterocycles. The number of piperidine rings is 1. The van der Waals surface area contributed by atoms with E-state index in [2.05, 4.69) is 25.8 Å². The van der Waals surface area contributed by atoms with E-state index in [1.165, 1.54) is 12.1 Å². The molecule has 1 fully saturated rings. The highest BCUT2D eigenvalue weighted by atomic mass is 16.6. The van der Waals surface area contributed by atoms with Crippen molar-refractivity contribution in [1.29, 1.82) is 0 Å². The fourth-order valence-corrected chi connectivity index (χ4v) is 6.39. The fourth-order valence-electron chi connectivity index (χ4n) is 6.39. The largest absolute Gasteiger partial charge is 0.506 e. The number of phenolic OH excluding ortho intramolecular Hbond substituents is 1. The third-order valence-corrected chi connectivity index (χ3v) is 9.18. The maximum Gasteiger partial charge on any atom is 0.411 e. The Morgan fingerprint density at radius 3 is 2.41 bits per heavy atom. The summed E-state index contributed by atoms with van der Waals surface area (Å²) in [6, 6.07) is 31.2. The van der Waals surface area contributed by atoms with Crippen molar-refractivity contribution in [2.45, 2.75) is 31.5 Å². The van der Waals surface area contributed by atoms with Gasteiger partial charge in [-0.3, -0.25) is 14.9 Å². The summed E-state index contributed by atoms with van der Waals surface area (Å²) in [5.74, 6) is -0.174. The number of benzene rings is 4. The van der Waals surface area contributed by atoms with Gasteiger partial charge in [0.2, 0.25) is 5.56 Å². The number of aromatic amines is 1. The number of hydrogen-bond acceptors (Lipinski definition) is 8. The van der Waals surface area contributed by atoms with Crippen LogP contribution >= 0.6 is 0 Å². The van der Waals surface area contributed by atoms with Gasteiger partial charge in [0.1, 0.15) is 11.9 Å². The molecule has 0 radical (unpaired) electrons. The van der Waals surface area contributed by atoms with E-state index in [1.807, 2.05) is 78.9 Å². The number of para-hydroxylation sites is 1. The molecule has 11 heteroatoms. The number of rotatable bonds is 13. The lowest BCUT2D eigenvalue weighted by Crippen LogP contribution is -2.42. The van der Waals surface area contributed by atoms with E-state index in [0.717, 1.165) is 42.6 Å². The van der Waals surface area contributed by atoms with E-state index in [-0.39, 0.29) is 23.3 Å². The van der Waals surface area contributed by atoms with Crippen molar-refractivity contribution in [3.63, 3.8) is 0 Å². The topological polar surface area (TPSA) is 156 Å². The maximum absolute atomic E-state index is 12.8. The number of carbonyl (C=O) groups excluding carboxylic acids is 2. The van der Waals surface area contributed by atoms with Gasteiger partial charge in [-0.15, -0.1) is 0 Å². The van der Waals surface area contributed by atoms with Gasteiger partial charge in [-0.25, -0.2) is 4.79 Å². The number of fused-ring (bicyclic) bond motifs is 1. The number of carbonyl (C=O) groups is 2. The number of phenols is 1. The third kappa shape index (κ3) is 9.40. The predicted molar refractivity (Wildman–Crippen MR) is 198 cm³/mol. The normalized spacial score (nSPS) is 14.2. The van der Waals surface area contributed by atoms with Crippen molar-refractivity contribution in [2.75, 3.05) is 44.6 Å². The number of aromatic hydroxyl groups is 1. The average molecular weight is 690 g/mol. The van der Waals surface area contributed by atoms with Crippen LogP contribution in [0.25, 0.3) is 22.0 Å². The summed E-state index contributed by atoms with van der Waals surface area (Å²) in [6.07, 6.45) is 0.724. The Morgan fingerprint density at radius 2 is 1.63 bits per heavy atom. The quantitative estimate of drug-likeness (QED) is 0.0921. The zero-order chi connectivity index (χ0) is 35.6. The molecule has 1 atom stereocenters. The number of anilines is 1. The number of aliphatic hydroxyl groups is 1. The number of ether oxygens (including phenoxy) is 1. The average Bonchev–Trinajstić information content (AvgIpc) is 3.15. The van der Waals surface area contributed by atoms with Crippen LogP contribution in [0.15, 0.2) is 108 Å². The fraction of sp³-hybridized carbons (Fsp3) is 0.275. The van der Waals surface area contributed by atoms with E-state index in [4.69, 9.17) is 4.74 Å². The summed E-state index contributed by atoms with van der Waals surface area (Å²) in [5, 5.41) is 30.6. The molecule has 6 rings (SSSR count). The Hall–Kier alpha value is -5.49. The highest BCUT2D eigenvalue weighted by Crippen LogP contribution is 2.29. The third-order valence-electron chi connectivity index (χ3n) is 9.18. The van der Waals surface area contributed by atoms with Gasteiger partial charge in [0.25, 0.3) is 5.91 Å². The molecule has 1 saturated heterocycles. The van der Waals surface area contributed by atoms with Crippen LogP contribution in [0.4, 0.5) is 10.5 Å². The smallest absolute Gasteiger partial charge is 0.411 e. The van der Waals surface area contributed by atoms with Gasteiger partial charge in [-0.1, -0.05) is 66.7 Å². The monoisotopic (exact) mass is 689 g/mol. The second kappa shape index (κ2) is 16.9. The van der Waals surface area contributed by atoms with Gasteiger partial charge >= 0.3 is 6.09 Å². The second-order valence-corrected chi connectivity index (χ2v) is 12.7. The first-order chi connectivity index (χ1) is 24.8. The van der Waals surface area contributed by atoms with Crippen molar-refractivity contribution in [3.8, 4) is 16.9 Å².